The molecule has 0 aliphatic carbocycles. The first-order chi connectivity index (χ1) is 12.7. The van der Waals surface area contributed by atoms with Gasteiger partial charge < -0.3 is 15.2 Å². The molecule has 1 atom stereocenters. The first-order valence-corrected chi connectivity index (χ1v) is 8.97. The zero-order chi connectivity index (χ0) is 19.6. The molecule has 6 nitrogen and oxygen atoms in total. The van der Waals surface area contributed by atoms with Gasteiger partial charge in [-0.25, -0.2) is 4.79 Å². The Balaban J connectivity index is 1.69. The lowest BCUT2D eigenvalue weighted by atomic mass is 9.96. The van der Waals surface area contributed by atoms with Gasteiger partial charge >= 0.3 is 6.09 Å². The van der Waals surface area contributed by atoms with E-state index in [1.807, 2.05) is 64.1 Å². The number of benzene rings is 2. The van der Waals surface area contributed by atoms with Gasteiger partial charge in [-0.3, -0.25) is 5.10 Å². The fraction of sp³-hybridized carbons (Fsp3) is 0.333. The van der Waals surface area contributed by atoms with Gasteiger partial charge in [0.2, 0.25) is 0 Å². The number of nitrogens with zero attached hydrogens (tertiary/aromatic N) is 1. The molecule has 0 aliphatic rings. The van der Waals surface area contributed by atoms with Crippen molar-refractivity contribution in [3.05, 3.63) is 48.2 Å². The number of phenolic OH excluding ortho intramolecular Hbond substituents is 1. The van der Waals surface area contributed by atoms with Crippen molar-refractivity contribution in [3.63, 3.8) is 0 Å². The quantitative estimate of drug-likeness (QED) is 0.631. The van der Waals surface area contributed by atoms with Crippen LogP contribution in [0.4, 0.5) is 4.79 Å². The van der Waals surface area contributed by atoms with E-state index in [9.17, 15) is 9.90 Å². The van der Waals surface area contributed by atoms with Crippen LogP contribution >= 0.6 is 0 Å². The topological polar surface area (TPSA) is 87.2 Å². The second kappa shape index (κ2) is 7.31. The summed E-state index contributed by atoms with van der Waals surface area (Å²) in [7, 11) is 0. The number of amides is 1. The van der Waals surface area contributed by atoms with Gasteiger partial charge in [0, 0.05) is 12.1 Å². The first-order valence-electron chi connectivity index (χ1n) is 8.97. The zero-order valence-corrected chi connectivity index (χ0v) is 16.0. The lowest BCUT2D eigenvalue weighted by molar-refractivity contribution is 0.0525. The molecule has 0 spiro atoms. The fourth-order valence-corrected chi connectivity index (χ4v) is 2.90. The highest BCUT2D eigenvalue weighted by Crippen LogP contribution is 2.35. The van der Waals surface area contributed by atoms with Crippen molar-refractivity contribution in [2.75, 3.05) is 6.54 Å². The summed E-state index contributed by atoms with van der Waals surface area (Å²) in [6.45, 7) is 8.04. The van der Waals surface area contributed by atoms with Gasteiger partial charge in [-0.2, -0.15) is 5.10 Å². The molecule has 1 heterocycles. The molecule has 3 rings (SSSR count). The number of carbonyl (C=O) groups is 1. The molecule has 1 aromatic heterocycles. The van der Waals surface area contributed by atoms with Crippen LogP contribution in [0.25, 0.3) is 22.0 Å². The maximum atomic E-state index is 11.8. The van der Waals surface area contributed by atoms with Crippen LogP contribution in [0, 0.1) is 0 Å². The number of hydrogen-bond acceptors (Lipinski definition) is 4. The maximum Gasteiger partial charge on any atom is 0.407 e. The van der Waals surface area contributed by atoms with Crippen molar-refractivity contribution >= 4 is 17.0 Å². The number of rotatable bonds is 4. The summed E-state index contributed by atoms with van der Waals surface area (Å²) in [5, 5.41) is 20.8. The number of fused-ring (bicyclic) bond motifs is 1. The van der Waals surface area contributed by atoms with Crippen LogP contribution < -0.4 is 5.32 Å². The number of ether oxygens (including phenoxy) is 1. The molecule has 3 aromatic rings. The second-order valence-corrected chi connectivity index (χ2v) is 7.70. The fourth-order valence-electron chi connectivity index (χ4n) is 2.90. The van der Waals surface area contributed by atoms with Gasteiger partial charge in [-0.05, 0) is 49.9 Å². The smallest absolute Gasteiger partial charge is 0.407 e. The number of phenols is 1. The number of H-pyrrole nitrogens is 1. The number of hydrogen-bond donors (Lipinski definition) is 3. The Morgan fingerprint density at radius 2 is 1.93 bits per heavy atom. The molecule has 0 aliphatic heterocycles. The summed E-state index contributed by atoms with van der Waals surface area (Å²) in [4.78, 5) is 11.8. The van der Waals surface area contributed by atoms with Crippen LogP contribution in [0.2, 0.25) is 0 Å². The van der Waals surface area contributed by atoms with E-state index in [1.54, 1.807) is 6.20 Å². The highest BCUT2D eigenvalue weighted by molar-refractivity contribution is 5.92. The Morgan fingerprint density at radius 3 is 2.59 bits per heavy atom. The third-order valence-corrected chi connectivity index (χ3v) is 4.34. The van der Waals surface area contributed by atoms with Crippen molar-refractivity contribution in [3.8, 4) is 16.9 Å². The van der Waals surface area contributed by atoms with Crippen LogP contribution in [0.1, 0.15) is 39.2 Å². The molecular weight excluding hydrogens is 342 g/mol. The summed E-state index contributed by atoms with van der Waals surface area (Å²) in [6.07, 6.45) is 1.21. The number of carbonyl (C=O) groups excluding carboxylic acids is 1. The average molecular weight is 367 g/mol. The number of nitrogens with one attached hydrogen (secondary N) is 2. The standard InChI is InChI=1S/C21H25N3O3/c1-13(11-22-20(26)27-21(2,3)4)14-5-7-15(8-6-14)16-9-10-18-17(19(16)25)12-23-24-18/h5-10,12-13,25H,11H2,1-4H3,(H,22,26)(H,23,24). The largest absolute Gasteiger partial charge is 0.507 e. The molecule has 0 radical (unpaired) electrons. The number of aromatic amines is 1. The second-order valence-electron chi connectivity index (χ2n) is 7.70. The van der Waals surface area contributed by atoms with Crippen molar-refractivity contribution in [2.45, 2.75) is 39.2 Å². The molecule has 1 unspecified atom stereocenters. The normalized spacial score (nSPS) is 12.7. The van der Waals surface area contributed by atoms with Crippen LogP contribution in [-0.4, -0.2) is 33.5 Å². The SMILES string of the molecule is CC(CNC(=O)OC(C)(C)C)c1ccc(-c2ccc3[nH]ncc3c2O)cc1. The van der Waals surface area contributed by atoms with Gasteiger partial charge in [0.15, 0.2) is 0 Å². The summed E-state index contributed by atoms with van der Waals surface area (Å²) < 4.78 is 5.26. The molecule has 1 amide bonds. The molecule has 6 heteroatoms. The van der Waals surface area contributed by atoms with E-state index in [0.717, 1.165) is 22.2 Å². The third-order valence-electron chi connectivity index (χ3n) is 4.34. The van der Waals surface area contributed by atoms with Crippen molar-refractivity contribution in [1.29, 1.82) is 0 Å². The van der Waals surface area contributed by atoms with Crippen LogP contribution in [0.15, 0.2) is 42.6 Å². The van der Waals surface area contributed by atoms with E-state index >= 15 is 0 Å². The van der Waals surface area contributed by atoms with Crippen molar-refractivity contribution < 1.29 is 14.6 Å². The van der Waals surface area contributed by atoms with Crippen molar-refractivity contribution in [2.24, 2.45) is 0 Å². The minimum atomic E-state index is -0.507. The highest BCUT2D eigenvalue weighted by Gasteiger charge is 2.17. The van der Waals surface area contributed by atoms with E-state index in [4.69, 9.17) is 4.74 Å². The predicted octanol–water partition coefficient (Wildman–Crippen LogP) is 4.56. The minimum Gasteiger partial charge on any atom is -0.507 e. The summed E-state index contributed by atoms with van der Waals surface area (Å²) >= 11 is 0. The van der Waals surface area contributed by atoms with E-state index < -0.39 is 11.7 Å². The van der Waals surface area contributed by atoms with Gasteiger partial charge in [0.25, 0.3) is 0 Å². The monoisotopic (exact) mass is 367 g/mol. The third kappa shape index (κ3) is 4.39. The first kappa shape index (κ1) is 18.8. The predicted molar refractivity (Wildman–Crippen MR) is 106 cm³/mol. The Hall–Kier alpha value is -3.02. The average Bonchev–Trinajstić information content (AvgIpc) is 3.08. The zero-order valence-electron chi connectivity index (χ0n) is 16.0. The molecule has 27 heavy (non-hydrogen) atoms. The molecule has 0 fully saturated rings. The van der Waals surface area contributed by atoms with Crippen LogP contribution in [0.5, 0.6) is 5.75 Å². The van der Waals surface area contributed by atoms with Crippen molar-refractivity contribution in [1.82, 2.24) is 15.5 Å². The van der Waals surface area contributed by atoms with Gasteiger partial charge in [0.05, 0.1) is 17.1 Å². The Morgan fingerprint density at radius 1 is 1.22 bits per heavy atom. The molecule has 2 aromatic carbocycles. The van der Waals surface area contributed by atoms with E-state index in [1.165, 1.54) is 0 Å². The molecule has 0 saturated heterocycles. The highest BCUT2D eigenvalue weighted by atomic mass is 16.6. The Kier molecular flexibility index (Phi) is 5.08. The molecule has 3 N–H and O–H groups in total. The molecule has 0 saturated carbocycles. The maximum absolute atomic E-state index is 11.8. The number of aromatic nitrogens is 2. The lowest BCUT2D eigenvalue weighted by Crippen LogP contribution is -2.34. The molecular formula is C21H25N3O3. The van der Waals surface area contributed by atoms with E-state index in [2.05, 4.69) is 15.5 Å². The summed E-state index contributed by atoms with van der Waals surface area (Å²) in [6, 6.07) is 11.7. The molecule has 142 valence electrons. The van der Waals surface area contributed by atoms with Gasteiger partial charge in [-0.1, -0.05) is 31.2 Å². The minimum absolute atomic E-state index is 0.136. The molecule has 0 bridgehead atoms. The Labute approximate surface area is 158 Å². The number of aromatic hydroxyl groups is 1. The summed E-state index contributed by atoms with van der Waals surface area (Å²) in [5.41, 5.74) is 3.07. The Bertz CT molecular complexity index is 939. The van der Waals surface area contributed by atoms with Gasteiger partial charge in [0.1, 0.15) is 11.4 Å². The van der Waals surface area contributed by atoms with E-state index in [-0.39, 0.29) is 11.7 Å². The summed E-state index contributed by atoms with van der Waals surface area (Å²) in [5.74, 6) is 0.352. The lowest BCUT2D eigenvalue weighted by Gasteiger charge is -2.21. The van der Waals surface area contributed by atoms with E-state index in [0.29, 0.717) is 11.9 Å². The van der Waals surface area contributed by atoms with Crippen LogP contribution in [-0.2, 0) is 4.74 Å². The van der Waals surface area contributed by atoms with Crippen LogP contribution in [0.3, 0.4) is 0 Å². The van der Waals surface area contributed by atoms with Gasteiger partial charge in [-0.15, -0.1) is 0 Å². The number of alkyl carbamates (subject to hydrolysis) is 1.